The van der Waals surface area contributed by atoms with Gasteiger partial charge in [0.15, 0.2) is 0 Å². The van der Waals surface area contributed by atoms with E-state index in [0.717, 1.165) is 12.8 Å². The van der Waals surface area contributed by atoms with Crippen LogP contribution < -0.4 is 10.6 Å². The zero-order chi connectivity index (χ0) is 13.8. The van der Waals surface area contributed by atoms with Crippen LogP contribution in [0.4, 0.5) is 4.79 Å². The molecule has 0 aliphatic heterocycles. The van der Waals surface area contributed by atoms with E-state index in [0.29, 0.717) is 19.8 Å². The smallest absolute Gasteiger partial charge is 0.316 e. The van der Waals surface area contributed by atoms with Crippen molar-refractivity contribution in [2.45, 2.75) is 12.8 Å². The molecule has 5 heteroatoms. The molecule has 5 nitrogen and oxygen atoms in total. The number of ether oxygens (including phenoxy) is 2. The van der Waals surface area contributed by atoms with E-state index in [2.05, 4.69) is 22.8 Å². The highest BCUT2D eigenvalue weighted by Crippen LogP contribution is 2.01. The molecule has 2 amide bonds. The Hall–Kier alpha value is -1.59. The molecule has 0 radical (unpaired) electrons. The van der Waals surface area contributed by atoms with E-state index in [1.54, 1.807) is 7.11 Å². The van der Waals surface area contributed by atoms with Gasteiger partial charge in [-0.25, -0.2) is 4.79 Å². The number of carbonyl (C=O) groups is 1. The summed E-state index contributed by atoms with van der Waals surface area (Å²) in [4.78, 5) is 11.4. The molecular weight excluding hydrogens is 244 g/mol. The van der Waals surface area contributed by atoms with Gasteiger partial charge in [0.25, 0.3) is 0 Å². The molecule has 0 saturated heterocycles. The highest BCUT2D eigenvalue weighted by atomic mass is 16.5. The molecule has 0 aliphatic rings. The lowest BCUT2D eigenvalue weighted by Gasteiger charge is -2.08. The summed E-state index contributed by atoms with van der Waals surface area (Å²) < 4.78 is 9.94. The van der Waals surface area contributed by atoms with Crippen LogP contribution in [0.2, 0.25) is 0 Å². The van der Waals surface area contributed by atoms with Gasteiger partial charge in [0.05, 0.1) is 13.2 Å². The summed E-state index contributed by atoms with van der Waals surface area (Å²) >= 11 is 0. The largest absolute Gasteiger partial charge is 0.382 e. The van der Waals surface area contributed by atoms with Crippen molar-refractivity contribution < 1.29 is 14.3 Å². The van der Waals surface area contributed by atoms with Crippen molar-refractivity contribution >= 4 is 6.03 Å². The number of aryl methyl sites for hydroxylation is 1. The van der Waals surface area contributed by atoms with Crippen LogP contribution in [0.5, 0.6) is 0 Å². The lowest BCUT2D eigenvalue weighted by molar-refractivity contribution is 0.0642. The third-order valence-electron chi connectivity index (χ3n) is 2.54. The van der Waals surface area contributed by atoms with Crippen molar-refractivity contribution in [1.82, 2.24) is 10.6 Å². The SMILES string of the molecule is COCCOCNC(=O)NCCCc1ccccc1. The van der Waals surface area contributed by atoms with Gasteiger partial charge in [-0.1, -0.05) is 30.3 Å². The third kappa shape index (κ3) is 8.18. The fraction of sp³-hybridized carbons (Fsp3) is 0.500. The molecule has 0 saturated carbocycles. The first-order valence-electron chi connectivity index (χ1n) is 6.45. The van der Waals surface area contributed by atoms with E-state index in [1.807, 2.05) is 18.2 Å². The number of hydrogen-bond donors (Lipinski definition) is 2. The summed E-state index contributed by atoms with van der Waals surface area (Å²) in [7, 11) is 1.61. The van der Waals surface area contributed by atoms with Crippen LogP contribution in [0.15, 0.2) is 30.3 Å². The standard InChI is InChI=1S/C14H22N2O3/c1-18-10-11-19-12-16-14(17)15-9-5-8-13-6-3-2-4-7-13/h2-4,6-7H,5,8-12H2,1H3,(H2,15,16,17). The van der Waals surface area contributed by atoms with E-state index < -0.39 is 0 Å². The molecule has 1 rings (SSSR count). The Morgan fingerprint density at radius 2 is 1.95 bits per heavy atom. The summed E-state index contributed by atoms with van der Waals surface area (Å²) in [6.45, 7) is 1.86. The summed E-state index contributed by atoms with van der Waals surface area (Å²) in [5.41, 5.74) is 1.28. The first-order chi connectivity index (χ1) is 9.33. The number of benzene rings is 1. The van der Waals surface area contributed by atoms with Crippen LogP contribution >= 0.6 is 0 Å². The van der Waals surface area contributed by atoms with E-state index in [1.165, 1.54) is 5.56 Å². The maximum Gasteiger partial charge on any atom is 0.316 e. The quantitative estimate of drug-likeness (QED) is 0.526. The molecule has 0 fully saturated rings. The highest BCUT2D eigenvalue weighted by Gasteiger charge is 1.98. The van der Waals surface area contributed by atoms with Crippen molar-refractivity contribution in [2.75, 3.05) is 33.6 Å². The Morgan fingerprint density at radius 3 is 2.68 bits per heavy atom. The van der Waals surface area contributed by atoms with E-state index in [9.17, 15) is 4.79 Å². The Labute approximate surface area is 114 Å². The Kier molecular flexibility index (Phi) is 8.42. The van der Waals surface area contributed by atoms with Gasteiger partial charge in [-0.05, 0) is 18.4 Å². The van der Waals surface area contributed by atoms with Crippen LogP contribution in [0.25, 0.3) is 0 Å². The number of hydrogen-bond acceptors (Lipinski definition) is 3. The molecule has 0 atom stereocenters. The molecule has 0 unspecified atom stereocenters. The average Bonchev–Trinajstić information content (AvgIpc) is 2.44. The van der Waals surface area contributed by atoms with Gasteiger partial charge in [-0.15, -0.1) is 0 Å². The lowest BCUT2D eigenvalue weighted by atomic mass is 10.1. The van der Waals surface area contributed by atoms with E-state index in [-0.39, 0.29) is 12.8 Å². The van der Waals surface area contributed by atoms with Crippen molar-refractivity contribution in [2.24, 2.45) is 0 Å². The van der Waals surface area contributed by atoms with Crippen molar-refractivity contribution in [3.8, 4) is 0 Å². The highest BCUT2D eigenvalue weighted by molar-refractivity contribution is 5.73. The number of carbonyl (C=O) groups excluding carboxylic acids is 1. The molecular formula is C14H22N2O3. The molecule has 0 spiro atoms. The Balaban J connectivity index is 1.95. The molecule has 2 N–H and O–H groups in total. The molecule has 1 aromatic rings. The number of nitrogens with one attached hydrogen (secondary N) is 2. The van der Waals surface area contributed by atoms with Crippen LogP contribution in [-0.2, 0) is 15.9 Å². The van der Waals surface area contributed by atoms with E-state index in [4.69, 9.17) is 9.47 Å². The van der Waals surface area contributed by atoms with Crippen molar-refractivity contribution in [1.29, 1.82) is 0 Å². The maximum atomic E-state index is 11.4. The van der Waals surface area contributed by atoms with Gasteiger partial charge in [-0.2, -0.15) is 0 Å². The minimum atomic E-state index is -0.203. The zero-order valence-electron chi connectivity index (χ0n) is 11.4. The van der Waals surface area contributed by atoms with Gasteiger partial charge in [0.1, 0.15) is 6.73 Å². The van der Waals surface area contributed by atoms with Crippen molar-refractivity contribution in [3.63, 3.8) is 0 Å². The average molecular weight is 266 g/mol. The number of rotatable bonds is 9. The normalized spacial score (nSPS) is 10.2. The fourth-order valence-electron chi connectivity index (χ4n) is 1.53. The Bertz CT molecular complexity index is 344. The first kappa shape index (κ1) is 15.5. The second kappa shape index (κ2) is 10.3. The lowest BCUT2D eigenvalue weighted by Crippen LogP contribution is -2.37. The van der Waals surface area contributed by atoms with Crippen LogP contribution in [-0.4, -0.2) is 39.6 Å². The topological polar surface area (TPSA) is 59.6 Å². The van der Waals surface area contributed by atoms with Crippen LogP contribution in [0.3, 0.4) is 0 Å². The van der Waals surface area contributed by atoms with Gasteiger partial charge in [-0.3, -0.25) is 0 Å². The number of methoxy groups -OCH3 is 1. The summed E-state index contributed by atoms with van der Waals surface area (Å²) in [6, 6.07) is 10.0. The first-order valence-corrected chi connectivity index (χ1v) is 6.45. The minimum absolute atomic E-state index is 0.202. The summed E-state index contributed by atoms with van der Waals surface area (Å²) in [5, 5.41) is 5.39. The van der Waals surface area contributed by atoms with Gasteiger partial charge >= 0.3 is 6.03 Å². The second-order valence-electron chi connectivity index (χ2n) is 4.07. The van der Waals surface area contributed by atoms with Gasteiger partial charge in [0, 0.05) is 13.7 Å². The summed E-state index contributed by atoms with van der Waals surface area (Å²) in [6.07, 6.45) is 1.88. The van der Waals surface area contributed by atoms with Crippen LogP contribution in [0, 0.1) is 0 Å². The number of urea groups is 1. The third-order valence-corrected chi connectivity index (χ3v) is 2.54. The maximum absolute atomic E-state index is 11.4. The predicted octanol–water partition coefficient (Wildman–Crippen LogP) is 1.54. The summed E-state index contributed by atoms with van der Waals surface area (Å²) in [5.74, 6) is 0. The molecule has 0 bridgehead atoms. The molecule has 0 heterocycles. The minimum Gasteiger partial charge on any atom is -0.382 e. The van der Waals surface area contributed by atoms with Crippen molar-refractivity contribution in [3.05, 3.63) is 35.9 Å². The molecule has 0 aliphatic carbocycles. The molecule has 1 aromatic carbocycles. The zero-order valence-corrected chi connectivity index (χ0v) is 11.4. The van der Waals surface area contributed by atoms with E-state index >= 15 is 0 Å². The Morgan fingerprint density at radius 1 is 1.16 bits per heavy atom. The molecule has 106 valence electrons. The monoisotopic (exact) mass is 266 g/mol. The van der Waals surface area contributed by atoms with Crippen LogP contribution in [0.1, 0.15) is 12.0 Å². The van der Waals surface area contributed by atoms with Gasteiger partial charge in [0.2, 0.25) is 0 Å². The predicted molar refractivity (Wildman–Crippen MR) is 74.0 cm³/mol. The molecule has 0 aromatic heterocycles. The number of amides is 2. The van der Waals surface area contributed by atoms with Gasteiger partial charge < -0.3 is 20.1 Å². The molecule has 19 heavy (non-hydrogen) atoms. The fourth-order valence-corrected chi connectivity index (χ4v) is 1.53. The second-order valence-corrected chi connectivity index (χ2v) is 4.07.